The summed E-state index contributed by atoms with van der Waals surface area (Å²) in [5.74, 6) is 0.607. The van der Waals surface area contributed by atoms with Gasteiger partial charge in [0.1, 0.15) is 0 Å². The fraction of sp³-hybridized carbons (Fsp3) is 0.625. The van der Waals surface area contributed by atoms with E-state index >= 15 is 0 Å². The third-order valence-electron chi connectivity index (χ3n) is 3.40. The molecule has 1 rings (SSSR count). The van der Waals surface area contributed by atoms with Crippen LogP contribution >= 0.6 is 0 Å². The SMILES string of the molecule is CC(C)c1ccc(CNCC(C)(C)CCN)cc1. The van der Waals surface area contributed by atoms with E-state index in [0.29, 0.717) is 5.92 Å². The van der Waals surface area contributed by atoms with E-state index in [1.165, 1.54) is 11.1 Å². The summed E-state index contributed by atoms with van der Waals surface area (Å²) in [7, 11) is 0. The van der Waals surface area contributed by atoms with E-state index in [1.54, 1.807) is 0 Å². The molecule has 2 heteroatoms. The normalized spacial score (nSPS) is 12.1. The zero-order valence-electron chi connectivity index (χ0n) is 12.3. The molecule has 1 aromatic carbocycles. The fourth-order valence-corrected chi connectivity index (χ4v) is 2.04. The number of hydrogen-bond donors (Lipinski definition) is 2. The van der Waals surface area contributed by atoms with Gasteiger partial charge in [-0.2, -0.15) is 0 Å². The van der Waals surface area contributed by atoms with Crippen LogP contribution in [0.3, 0.4) is 0 Å². The van der Waals surface area contributed by atoms with Crippen LogP contribution in [0.2, 0.25) is 0 Å². The van der Waals surface area contributed by atoms with Crippen LogP contribution in [0, 0.1) is 5.41 Å². The van der Waals surface area contributed by atoms with Crippen molar-refractivity contribution in [3.8, 4) is 0 Å². The van der Waals surface area contributed by atoms with Crippen molar-refractivity contribution in [2.75, 3.05) is 13.1 Å². The van der Waals surface area contributed by atoms with E-state index in [2.05, 4.69) is 57.3 Å². The molecular weight excluding hydrogens is 220 g/mol. The molecule has 0 radical (unpaired) electrons. The monoisotopic (exact) mass is 248 g/mol. The van der Waals surface area contributed by atoms with Crippen molar-refractivity contribution >= 4 is 0 Å². The maximum atomic E-state index is 5.61. The second kappa shape index (κ2) is 6.91. The molecule has 0 saturated heterocycles. The molecule has 3 N–H and O–H groups in total. The summed E-state index contributed by atoms with van der Waals surface area (Å²) in [6, 6.07) is 8.90. The Hall–Kier alpha value is -0.860. The Labute approximate surface area is 112 Å². The molecule has 2 nitrogen and oxygen atoms in total. The maximum Gasteiger partial charge on any atom is 0.0205 e. The number of nitrogens with one attached hydrogen (secondary N) is 1. The average molecular weight is 248 g/mol. The van der Waals surface area contributed by atoms with Gasteiger partial charge in [0.05, 0.1) is 0 Å². The molecule has 18 heavy (non-hydrogen) atoms. The summed E-state index contributed by atoms with van der Waals surface area (Å²) < 4.78 is 0. The van der Waals surface area contributed by atoms with Gasteiger partial charge in [-0.05, 0) is 35.4 Å². The van der Waals surface area contributed by atoms with E-state index in [4.69, 9.17) is 5.73 Å². The first kappa shape index (κ1) is 15.2. The van der Waals surface area contributed by atoms with Crippen LogP contribution in [0.15, 0.2) is 24.3 Å². The molecule has 0 fully saturated rings. The highest BCUT2D eigenvalue weighted by Gasteiger charge is 2.15. The number of benzene rings is 1. The van der Waals surface area contributed by atoms with Gasteiger partial charge in [0, 0.05) is 13.1 Å². The van der Waals surface area contributed by atoms with E-state index in [0.717, 1.165) is 26.1 Å². The third kappa shape index (κ3) is 5.19. The minimum atomic E-state index is 0.284. The average Bonchev–Trinajstić information content (AvgIpc) is 2.29. The molecule has 0 aliphatic heterocycles. The lowest BCUT2D eigenvalue weighted by Crippen LogP contribution is -2.30. The van der Waals surface area contributed by atoms with Crippen LogP contribution in [0.1, 0.15) is 51.2 Å². The third-order valence-corrected chi connectivity index (χ3v) is 3.40. The summed E-state index contributed by atoms with van der Waals surface area (Å²) in [5, 5.41) is 3.52. The molecule has 1 aromatic rings. The lowest BCUT2D eigenvalue weighted by atomic mass is 9.89. The van der Waals surface area contributed by atoms with E-state index in [9.17, 15) is 0 Å². The Kier molecular flexibility index (Phi) is 5.83. The van der Waals surface area contributed by atoms with Crippen molar-refractivity contribution in [2.24, 2.45) is 11.1 Å². The van der Waals surface area contributed by atoms with Gasteiger partial charge in [-0.1, -0.05) is 52.0 Å². The van der Waals surface area contributed by atoms with Gasteiger partial charge >= 0.3 is 0 Å². The zero-order chi connectivity index (χ0) is 13.6. The van der Waals surface area contributed by atoms with Crippen molar-refractivity contribution < 1.29 is 0 Å². The standard InChI is InChI=1S/C16H28N2/c1-13(2)15-7-5-14(6-8-15)11-18-12-16(3,4)9-10-17/h5-8,13,18H,9-12,17H2,1-4H3. The van der Waals surface area contributed by atoms with Crippen LogP contribution in [0.25, 0.3) is 0 Å². The fourth-order valence-electron chi connectivity index (χ4n) is 2.04. The Bertz CT molecular complexity index is 339. The van der Waals surface area contributed by atoms with Crippen LogP contribution in [-0.4, -0.2) is 13.1 Å². The predicted octanol–water partition coefficient (Wildman–Crippen LogP) is 3.27. The van der Waals surface area contributed by atoms with Gasteiger partial charge in [0.25, 0.3) is 0 Å². The quantitative estimate of drug-likeness (QED) is 0.777. The Balaban J connectivity index is 2.40. The first-order valence-corrected chi connectivity index (χ1v) is 6.94. The second-order valence-corrected chi connectivity index (χ2v) is 6.20. The lowest BCUT2D eigenvalue weighted by molar-refractivity contribution is 0.319. The van der Waals surface area contributed by atoms with E-state index < -0.39 is 0 Å². The molecule has 0 unspecified atom stereocenters. The minimum Gasteiger partial charge on any atom is -0.330 e. The van der Waals surface area contributed by atoms with Gasteiger partial charge in [0.2, 0.25) is 0 Å². The van der Waals surface area contributed by atoms with E-state index in [-0.39, 0.29) is 5.41 Å². The van der Waals surface area contributed by atoms with E-state index in [1.807, 2.05) is 0 Å². The van der Waals surface area contributed by atoms with Gasteiger partial charge < -0.3 is 11.1 Å². The first-order chi connectivity index (χ1) is 8.44. The summed E-state index contributed by atoms with van der Waals surface area (Å²) in [5.41, 5.74) is 8.65. The molecule has 0 atom stereocenters. The van der Waals surface area contributed by atoms with Crippen molar-refractivity contribution in [3.63, 3.8) is 0 Å². The van der Waals surface area contributed by atoms with Gasteiger partial charge in [-0.25, -0.2) is 0 Å². The summed E-state index contributed by atoms with van der Waals surface area (Å²) >= 11 is 0. The molecule has 102 valence electrons. The topological polar surface area (TPSA) is 38.0 Å². The minimum absolute atomic E-state index is 0.284. The smallest absolute Gasteiger partial charge is 0.0205 e. The lowest BCUT2D eigenvalue weighted by Gasteiger charge is -2.24. The molecule has 0 bridgehead atoms. The number of nitrogens with two attached hydrogens (primary N) is 1. The molecule has 0 saturated carbocycles. The molecule has 0 aromatic heterocycles. The summed E-state index contributed by atoms with van der Waals surface area (Å²) in [6.07, 6.45) is 1.06. The highest BCUT2D eigenvalue weighted by atomic mass is 14.9. The zero-order valence-corrected chi connectivity index (χ0v) is 12.3. The first-order valence-electron chi connectivity index (χ1n) is 6.94. The molecule has 0 aliphatic rings. The molecule has 0 amide bonds. The molecule has 0 spiro atoms. The van der Waals surface area contributed by atoms with Crippen LogP contribution in [0.5, 0.6) is 0 Å². The summed E-state index contributed by atoms with van der Waals surface area (Å²) in [6.45, 7) is 11.7. The Morgan fingerprint density at radius 3 is 2.28 bits per heavy atom. The maximum absolute atomic E-state index is 5.61. The molecular formula is C16H28N2. The van der Waals surface area contributed by atoms with Crippen molar-refractivity contribution in [1.29, 1.82) is 0 Å². The van der Waals surface area contributed by atoms with Crippen molar-refractivity contribution in [1.82, 2.24) is 5.32 Å². The Morgan fingerprint density at radius 1 is 1.17 bits per heavy atom. The van der Waals surface area contributed by atoms with Crippen LogP contribution < -0.4 is 11.1 Å². The summed E-state index contributed by atoms with van der Waals surface area (Å²) in [4.78, 5) is 0. The molecule has 0 heterocycles. The van der Waals surface area contributed by atoms with Crippen molar-refractivity contribution in [2.45, 2.75) is 46.6 Å². The number of rotatable bonds is 7. The Morgan fingerprint density at radius 2 is 1.78 bits per heavy atom. The second-order valence-electron chi connectivity index (χ2n) is 6.20. The molecule has 0 aliphatic carbocycles. The van der Waals surface area contributed by atoms with Crippen LogP contribution in [0.4, 0.5) is 0 Å². The van der Waals surface area contributed by atoms with Crippen LogP contribution in [-0.2, 0) is 6.54 Å². The highest BCUT2D eigenvalue weighted by molar-refractivity contribution is 5.24. The number of hydrogen-bond acceptors (Lipinski definition) is 2. The van der Waals surface area contributed by atoms with Gasteiger partial charge in [-0.15, -0.1) is 0 Å². The van der Waals surface area contributed by atoms with Gasteiger partial charge in [0.15, 0.2) is 0 Å². The van der Waals surface area contributed by atoms with Gasteiger partial charge in [-0.3, -0.25) is 0 Å². The largest absolute Gasteiger partial charge is 0.330 e. The van der Waals surface area contributed by atoms with Crippen molar-refractivity contribution in [3.05, 3.63) is 35.4 Å². The highest BCUT2D eigenvalue weighted by Crippen LogP contribution is 2.18. The predicted molar refractivity (Wildman–Crippen MR) is 79.7 cm³/mol.